The van der Waals surface area contributed by atoms with Crippen LogP contribution in [0.3, 0.4) is 0 Å². The number of hydrogen-bond donors (Lipinski definition) is 0. The maximum absolute atomic E-state index is 6.41. The number of benzene rings is 2. The highest BCUT2D eigenvalue weighted by molar-refractivity contribution is 6.35. The first-order chi connectivity index (χ1) is 12.6. The predicted octanol–water partition coefficient (Wildman–Crippen LogP) is 5.63. The summed E-state index contributed by atoms with van der Waals surface area (Å²) >= 11 is 18.4. The molecule has 4 rings (SSSR count). The van der Waals surface area contributed by atoms with E-state index in [0.29, 0.717) is 27.4 Å². The van der Waals surface area contributed by atoms with Crippen molar-refractivity contribution in [2.45, 2.75) is 30.9 Å². The van der Waals surface area contributed by atoms with Crippen LogP contribution in [-0.2, 0) is 6.54 Å². The van der Waals surface area contributed by atoms with Crippen LogP contribution >= 0.6 is 34.8 Å². The third-order valence-electron chi connectivity index (χ3n) is 4.69. The van der Waals surface area contributed by atoms with Crippen LogP contribution in [0, 0.1) is 0 Å². The van der Waals surface area contributed by atoms with E-state index < -0.39 is 0 Å². The van der Waals surface area contributed by atoms with Gasteiger partial charge in [-0.1, -0.05) is 46.9 Å². The Morgan fingerprint density at radius 2 is 1.77 bits per heavy atom. The lowest BCUT2D eigenvalue weighted by atomic mass is 9.91. The number of hydrogen-bond acceptors (Lipinski definition) is 3. The minimum atomic E-state index is -0.336. The van der Waals surface area contributed by atoms with E-state index >= 15 is 0 Å². The zero-order chi connectivity index (χ0) is 18.1. The Hall–Kier alpha value is -1.75. The first-order valence-corrected chi connectivity index (χ1v) is 9.41. The molecule has 1 saturated carbocycles. The standard InChI is InChI=1S/C19H16Cl3N3O/c20-14-3-1-13(2-4-14)16(10-25-12-23-11-24-25)19(7-8-19)26-18-6-5-15(21)9-17(18)22/h1-6,9,11-12,16H,7-8,10H2. The van der Waals surface area contributed by atoms with Gasteiger partial charge in [-0.3, -0.25) is 4.68 Å². The van der Waals surface area contributed by atoms with Gasteiger partial charge in [0.15, 0.2) is 0 Å². The molecule has 26 heavy (non-hydrogen) atoms. The van der Waals surface area contributed by atoms with Gasteiger partial charge in [0.2, 0.25) is 0 Å². The van der Waals surface area contributed by atoms with Crippen LogP contribution in [0.15, 0.2) is 55.1 Å². The summed E-state index contributed by atoms with van der Waals surface area (Å²) in [6.07, 6.45) is 5.13. The van der Waals surface area contributed by atoms with E-state index in [1.165, 1.54) is 6.33 Å². The summed E-state index contributed by atoms with van der Waals surface area (Å²) in [7, 11) is 0. The first-order valence-electron chi connectivity index (χ1n) is 8.28. The van der Waals surface area contributed by atoms with Gasteiger partial charge in [0.1, 0.15) is 24.0 Å². The van der Waals surface area contributed by atoms with Gasteiger partial charge in [0.25, 0.3) is 0 Å². The molecular weight excluding hydrogens is 393 g/mol. The fourth-order valence-electron chi connectivity index (χ4n) is 3.21. The smallest absolute Gasteiger partial charge is 0.138 e. The lowest BCUT2D eigenvalue weighted by Gasteiger charge is -2.29. The molecule has 1 heterocycles. The molecule has 3 aromatic rings. The van der Waals surface area contributed by atoms with Gasteiger partial charge in [-0.05, 0) is 48.7 Å². The summed E-state index contributed by atoms with van der Waals surface area (Å²) in [4.78, 5) is 4.05. The van der Waals surface area contributed by atoms with Crippen molar-refractivity contribution in [1.29, 1.82) is 0 Å². The van der Waals surface area contributed by atoms with Crippen LogP contribution in [0.25, 0.3) is 0 Å². The van der Waals surface area contributed by atoms with Crippen molar-refractivity contribution in [3.05, 3.63) is 75.8 Å². The summed E-state index contributed by atoms with van der Waals surface area (Å²) in [6, 6.07) is 13.2. The van der Waals surface area contributed by atoms with Crippen molar-refractivity contribution in [1.82, 2.24) is 14.8 Å². The van der Waals surface area contributed by atoms with E-state index in [9.17, 15) is 0 Å². The number of halogens is 3. The van der Waals surface area contributed by atoms with Crippen LogP contribution in [0.2, 0.25) is 15.1 Å². The first kappa shape index (κ1) is 17.7. The third-order valence-corrected chi connectivity index (χ3v) is 5.48. The molecule has 0 aliphatic heterocycles. The Kier molecular flexibility index (Phi) is 4.82. The van der Waals surface area contributed by atoms with Crippen molar-refractivity contribution in [3.63, 3.8) is 0 Å². The Labute approximate surface area is 166 Å². The van der Waals surface area contributed by atoms with Gasteiger partial charge in [0.05, 0.1) is 11.6 Å². The molecule has 2 aromatic carbocycles. The highest BCUT2D eigenvalue weighted by Gasteiger charge is 2.53. The molecular formula is C19H16Cl3N3O. The van der Waals surface area contributed by atoms with Crippen molar-refractivity contribution in [2.24, 2.45) is 0 Å². The third kappa shape index (κ3) is 3.68. The zero-order valence-corrected chi connectivity index (χ0v) is 16.0. The van der Waals surface area contributed by atoms with Crippen molar-refractivity contribution in [2.75, 3.05) is 0 Å². The van der Waals surface area contributed by atoms with E-state index in [4.69, 9.17) is 39.5 Å². The second kappa shape index (κ2) is 7.10. The maximum Gasteiger partial charge on any atom is 0.138 e. The van der Waals surface area contributed by atoms with Crippen LogP contribution in [0.4, 0.5) is 0 Å². The fourth-order valence-corrected chi connectivity index (χ4v) is 3.78. The fraction of sp³-hybridized carbons (Fsp3) is 0.263. The van der Waals surface area contributed by atoms with Gasteiger partial charge in [0, 0.05) is 16.0 Å². The van der Waals surface area contributed by atoms with Crippen LogP contribution in [-0.4, -0.2) is 20.4 Å². The average molecular weight is 409 g/mol. The molecule has 1 aliphatic carbocycles. The van der Waals surface area contributed by atoms with Gasteiger partial charge in [-0.25, -0.2) is 4.98 Å². The molecule has 0 bridgehead atoms. The maximum atomic E-state index is 6.41. The van der Waals surface area contributed by atoms with Crippen LogP contribution in [0.5, 0.6) is 5.75 Å². The minimum Gasteiger partial charge on any atom is -0.485 e. The molecule has 7 heteroatoms. The predicted molar refractivity (Wildman–Crippen MR) is 103 cm³/mol. The molecule has 0 radical (unpaired) electrons. The lowest BCUT2D eigenvalue weighted by molar-refractivity contribution is 0.134. The van der Waals surface area contributed by atoms with E-state index in [1.807, 2.05) is 35.0 Å². The number of nitrogens with zero attached hydrogens (tertiary/aromatic N) is 3. The van der Waals surface area contributed by atoms with E-state index in [-0.39, 0.29) is 11.5 Å². The van der Waals surface area contributed by atoms with Crippen LogP contribution in [0.1, 0.15) is 24.3 Å². The van der Waals surface area contributed by atoms with Gasteiger partial charge in [-0.15, -0.1) is 0 Å². The molecule has 0 saturated heterocycles. The van der Waals surface area contributed by atoms with Gasteiger partial charge in [-0.2, -0.15) is 5.10 Å². The van der Waals surface area contributed by atoms with Crippen LogP contribution < -0.4 is 4.74 Å². The molecule has 134 valence electrons. The van der Waals surface area contributed by atoms with Crippen molar-refractivity contribution < 1.29 is 4.74 Å². The number of rotatable bonds is 6. The normalized spacial score (nSPS) is 16.3. The minimum absolute atomic E-state index is 0.0909. The summed E-state index contributed by atoms with van der Waals surface area (Å²) < 4.78 is 8.23. The Balaban J connectivity index is 1.67. The van der Waals surface area contributed by atoms with Crippen molar-refractivity contribution >= 4 is 34.8 Å². The average Bonchev–Trinajstić information content (AvgIpc) is 3.20. The molecule has 4 nitrogen and oxygen atoms in total. The Morgan fingerprint density at radius 3 is 2.38 bits per heavy atom. The quantitative estimate of drug-likeness (QED) is 0.530. The Morgan fingerprint density at radius 1 is 1.04 bits per heavy atom. The molecule has 0 amide bonds. The highest BCUT2D eigenvalue weighted by atomic mass is 35.5. The largest absolute Gasteiger partial charge is 0.485 e. The van der Waals surface area contributed by atoms with Gasteiger partial charge >= 0.3 is 0 Å². The molecule has 1 fully saturated rings. The monoisotopic (exact) mass is 407 g/mol. The molecule has 1 aliphatic rings. The lowest BCUT2D eigenvalue weighted by Crippen LogP contribution is -2.31. The van der Waals surface area contributed by atoms with Crippen molar-refractivity contribution in [3.8, 4) is 5.75 Å². The molecule has 1 aromatic heterocycles. The molecule has 1 atom stereocenters. The zero-order valence-electron chi connectivity index (χ0n) is 13.8. The van der Waals surface area contributed by atoms with E-state index in [2.05, 4.69) is 10.1 Å². The Bertz CT molecular complexity index is 893. The van der Waals surface area contributed by atoms with E-state index in [0.717, 1.165) is 18.4 Å². The molecule has 0 N–H and O–H groups in total. The van der Waals surface area contributed by atoms with E-state index in [1.54, 1.807) is 18.5 Å². The number of aromatic nitrogens is 3. The second-order valence-electron chi connectivity index (χ2n) is 6.46. The SMILES string of the molecule is Clc1ccc(C(Cn2cncn2)C2(Oc3ccc(Cl)cc3Cl)CC2)cc1. The summed E-state index contributed by atoms with van der Waals surface area (Å²) in [6.45, 7) is 0.660. The summed E-state index contributed by atoms with van der Waals surface area (Å²) in [5.74, 6) is 0.735. The number of ether oxygens (including phenoxy) is 1. The molecule has 1 unspecified atom stereocenters. The summed E-state index contributed by atoms with van der Waals surface area (Å²) in [5.41, 5.74) is 0.810. The highest BCUT2D eigenvalue weighted by Crippen LogP contribution is 2.52. The molecule has 0 spiro atoms. The second-order valence-corrected chi connectivity index (χ2v) is 7.74. The summed E-state index contributed by atoms with van der Waals surface area (Å²) in [5, 5.41) is 6.07. The van der Waals surface area contributed by atoms with Gasteiger partial charge < -0.3 is 4.74 Å². The topological polar surface area (TPSA) is 39.9 Å².